The molecule has 3 N–H and O–H groups in total. The predicted octanol–water partition coefficient (Wildman–Crippen LogP) is 2.29. The first-order chi connectivity index (χ1) is 8.90. The van der Waals surface area contributed by atoms with Gasteiger partial charge in [-0.1, -0.05) is 29.8 Å². The van der Waals surface area contributed by atoms with E-state index in [2.05, 4.69) is 41.4 Å². The molecule has 0 radical (unpaired) electrons. The van der Waals surface area contributed by atoms with Gasteiger partial charge in [-0.25, -0.2) is 0 Å². The molecule has 2 unspecified atom stereocenters. The van der Waals surface area contributed by atoms with Gasteiger partial charge in [0.1, 0.15) is 0 Å². The first-order valence-electron chi connectivity index (χ1n) is 6.65. The van der Waals surface area contributed by atoms with Crippen molar-refractivity contribution in [2.24, 2.45) is 5.73 Å². The summed E-state index contributed by atoms with van der Waals surface area (Å²) in [7, 11) is 4.03. The minimum absolute atomic E-state index is 0. The third-order valence-electron chi connectivity index (χ3n) is 3.09. The number of hydrogen-bond acceptors (Lipinski definition) is 3. The standard InChI is InChI=1S/C15H25N3O.2ClH/c1-11-5-7-13(8-6-11)14(18(3)4)10-17-15(19)9-12(2)16;;/h5-8,12,14H,9-10,16H2,1-4H3,(H,17,19);2*1H. The predicted molar refractivity (Wildman–Crippen MR) is 93.4 cm³/mol. The van der Waals surface area contributed by atoms with Gasteiger partial charge in [-0.2, -0.15) is 0 Å². The highest BCUT2D eigenvalue weighted by Crippen LogP contribution is 2.17. The van der Waals surface area contributed by atoms with Gasteiger partial charge in [-0.05, 0) is 33.5 Å². The lowest BCUT2D eigenvalue weighted by molar-refractivity contribution is -0.121. The van der Waals surface area contributed by atoms with E-state index in [1.165, 1.54) is 11.1 Å². The van der Waals surface area contributed by atoms with Gasteiger partial charge < -0.3 is 16.0 Å². The van der Waals surface area contributed by atoms with E-state index >= 15 is 0 Å². The van der Waals surface area contributed by atoms with Crippen LogP contribution < -0.4 is 11.1 Å². The quantitative estimate of drug-likeness (QED) is 0.838. The zero-order valence-corrected chi connectivity index (χ0v) is 14.8. The number of hydrogen-bond donors (Lipinski definition) is 2. The lowest BCUT2D eigenvalue weighted by Gasteiger charge is -2.25. The second-order valence-electron chi connectivity index (χ2n) is 5.38. The molecule has 0 aliphatic carbocycles. The Morgan fingerprint density at radius 1 is 1.24 bits per heavy atom. The maximum absolute atomic E-state index is 11.7. The topological polar surface area (TPSA) is 58.4 Å². The summed E-state index contributed by atoms with van der Waals surface area (Å²) >= 11 is 0. The molecule has 0 heterocycles. The number of carbonyl (C=O) groups excluding carboxylic acids is 1. The molecule has 122 valence electrons. The third kappa shape index (κ3) is 8.27. The minimum atomic E-state index is -0.0998. The first kappa shape index (κ1) is 22.5. The molecule has 4 nitrogen and oxygen atoms in total. The number of nitrogens with zero attached hydrogens (tertiary/aromatic N) is 1. The number of carbonyl (C=O) groups is 1. The smallest absolute Gasteiger partial charge is 0.221 e. The van der Waals surface area contributed by atoms with Crippen molar-refractivity contribution in [1.29, 1.82) is 0 Å². The van der Waals surface area contributed by atoms with Crippen LogP contribution in [-0.4, -0.2) is 37.5 Å². The van der Waals surface area contributed by atoms with E-state index in [1.54, 1.807) is 0 Å². The fraction of sp³-hybridized carbons (Fsp3) is 0.533. The average Bonchev–Trinajstić information content (AvgIpc) is 2.30. The number of nitrogens with two attached hydrogens (primary N) is 1. The van der Waals surface area contributed by atoms with Gasteiger partial charge in [0.15, 0.2) is 0 Å². The molecule has 1 aromatic carbocycles. The van der Waals surface area contributed by atoms with Crippen molar-refractivity contribution in [3.05, 3.63) is 35.4 Å². The van der Waals surface area contributed by atoms with Crippen molar-refractivity contribution in [3.63, 3.8) is 0 Å². The van der Waals surface area contributed by atoms with Crippen LogP contribution in [0.25, 0.3) is 0 Å². The van der Waals surface area contributed by atoms with Crippen LogP contribution in [0.5, 0.6) is 0 Å². The third-order valence-corrected chi connectivity index (χ3v) is 3.09. The molecule has 21 heavy (non-hydrogen) atoms. The summed E-state index contributed by atoms with van der Waals surface area (Å²) in [5, 5.41) is 2.95. The molecule has 6 heteroatoms. The Labute approximate surface area is 140 Å². The zero-order valence-electron chi connectivity index (χ0n) is 13.1. The van der Waals surface area contributed by atoms with E-state index in [0.29, 0.717) is 13.0 Å². The van der Waals surface area contributed by atoms with Crippen molar-refractivity contribution in [2.75, 3.05) is 20.6 Å². The largest absolute Gasteiger partial charge is 0.354 e. The molecule has 0 spiro atoms. The highest BCUT2D eigenvalue weighted by atomic mass is 35.5. The molecule has 0 aliphatic heterocycles. The van der Waals surface area contributed by atoms with E-state index in [-0.39, 0.29) is 42.8 Å². The number of amides is 1. The number of halogens is 2. The second kappa shape index (κ2) is 10.9. The molecular formula is C15H27Cl2N3O. The van der Waals surface area contributed by atoms with Crippen molar-refractivity contribution < 1.29 is 4.79 Å². The van der Waals surface area contributed by atoms with E-state index in [0.717, 1.165) is 0 Å². The van der Waals surface area contributed by atoms with Gasteiger partial charge in [0.25, 0.3) is 0 Å². The normalized spacial score (nSPS) is 12.9. The maximum Gasteiger partial charge on any atom is 0.221 e. The van der Waals surface area contributed by atoms with Crippen molar-refractivity contribution >= 4 is 30.7 Å². The Bertz CT molecular complexity index is 408. The van der Waals surface area contributed by atoms with Crippen LogP contribution in [-0.2, 0) is 4.79 Å². The Kier molecular flexibility index (Phi) is 11.6. The van der Waals surface area contributed by atoms with Crippen LogP contribution in [0.1, 0.15) is 30.5 Å². The van der Waals surface area contributed by atoms with Gasteiger partial charge in [0, 0.05) is 19.0 Å². The van der Waals surface area contributed by atoms with E-state index in [9.17, 15) is 4.79 Å². The summed E-state index contributed by atoms with van der Waals surface area (Å²) in [6, 6.07) is 8.48. The van der Waals surface area contributed by atoms with E-state index < -0.39 is 0 Å². The lowest BCUT2D eigenvalue weighted by atomic mass is 10.0. The monoisotopic (exact) mass is 335 g/mol. The molecule has 2 atom stereocenters. The molecule has 1 aromatic rings. The fourth-order valence-electron chi connectivity index (χ4n) is 1.96. The molecule has 1 rings (SSSR count). The average molecular weight is 336 g/mol. The lowest BCUT2D eigenvalue weighted by Crippen LogP contribution is -2.36. The number of rotatable bonds is 6. The van der Waals surface area contributed by atoms with Crippen LogP contribution >= 0.6 is 24.8 Å². The van der Waals surface area contributed by atoms with E-state index in [4.69, 9.17) is 5.73 Å². The molecule has 0 saturated carbocycles. The van der Waals surface area contributed by atoms with Gasteiger partial charge >= 0.3 is 0 Å². The molecular weight excluding hydrogens is 309 g/mol. The van der Waals surface area contributed by atoms with E-state index in [1.807, 2.05) is 21.0 Å². The van der Waals surface area contributed by atoms with Gasteiger partial charge in [0.2, 0.25) is 5.91 Å². The van der Waals surface area contributed by atoms with Crippen LogP contribution in [0.4, 0.5) is 0 Å². The number of likely N-dealkylation sites (N-methyl/N-ethyl adjacent to an activating group) is 1. The van der Waals surface area contributed by atoms with Crippen LogP contribution in [0.3, 0.4) is 0 Å². The highest BCUT2D eigenvalue weighted by Gasteiger charge is 2.15. The summed E-state index contributed by atoms with van der Waals surface area (Å²) in [5.74, 6) is 0.00830. The van der Waals surface area contributed by atoms with Crippen molar-refractivity contribution in [2.45, 2.75) is 32.4 Å². The van der Waals surface area contributed by atoms with Gasteiger partial charge in [0.05, 0.1) is 6.04 Å². The SMILES string of the molecule is Cc1ccc(C(CNC(=O)CC(C)N)N(C)C)cc1.Cl.Cl. The summed E-state index contributed by atoms with van der Waals surface area (Å²) < 4.78 is 0. The summed E-state index contributed by atoms with van der Waals surface area (Å²) in [6.45, 7) is 4.50. The number of benzene rings is 1. The number of aryl methyl sites for hydroxylation is 1. The Morgan fingerprint density at radius 3 is 2.19 bits per heavy atom. The summed E-state index contributed by atoms with van der Waals surface area (Å²) in [6.07, 6.45) is 0.369. The first-order valence-corrected chi connectivity index (χ1v) is 6.65. The summed E-state index contributed by atoms with van der Waals surface area (Å²) in [4.78, 5) is 13.8. The number of nitrogens with one attached hydrogen (secondary N) is 1. The van der Waals surface area contributed by atoms with Crippen molar-refractivity contribution in [1.82, 2.24) is 10.2 Å². The molecule has 0 aliphatic rings. The van der Waals surface area contributed by atoms with Crippen LogP contribution in [0.2, 0.25) is 0 Å². The van der Waals surface area contributed by atoms with Gasteiger partial charge in [-0.15, -0.1) is 24.8 Å². The second-order valence-corrected chi connectivity index (χ2v) is 5.38. The molecule has 1 amide bonds. The van der Waals surface area contributed by atoms with Gasteiger partial charge in [-0.3, -0.25) is 4.79 Å². The molecule has 0 saturated heterocycles. The Balaban J connectivity index is 0. The molecule has 0 bridgehead atoms. The maximum atomic E-state index is 11.7. The van der Waals surface area contributed by atoms with Crippen molar-refractivity contribution in [3.8, 4) is 0 Å². The molecule has 0 fully saturated rings. The zero-order chi connectivity index (χ0) is 14.4. The van der Waals surface area contributed by atoms with Crippen LogP contribution in [0, 0.1) is 6.92 Å². The molecule has 0 aromatic heterocycles. The fourth-order valence-corrected chi connectivity index (χ4v) is 1.96. The summed E-state index contributed by atoms with van der Waals surface area (Å²) in [5.41, 5.74) is 8.06. The van der Waals surface area contributed by atoms with Crippen LogP contribution in [0.15, 0.2) is 24.3 Å². The highest BCUT2D eigenvalue weighted by molar-refractivity contribution is 5.85. The Hall–Kier alpha value is -0.810. The minimum Gasteiger partial charge on any atom is -0.354 e. The Morgan fingerprint density at radius 2 is 1.76 bits per heavy atom.